The molecule has 0 unspecified atom stereocenters. The van der Waals surface area contributed by atoms with Crippen LogP contribution in [0.2, 0.25) is 5.02 Å². The number of carbonyl (C=O) groups is 1. The highest BCUT2D eigenvalue weighted by atomic mass is 35.5. The molecule has 1 N–H and O–H groups in total. The average Bonchev–Trinajstić information content (AvgIpc) is 3.22. The number of nitrogens with zero attached hydrogens (tertiary/aromatic N) is 2. The molecule has 2 amide bonds. The summed E-state index contributed by atoms with van der Waals surface area (Å²) in [6.07, 6.45) is 0.704. The van der Waals surface area contributed by atoms with E-state index in [2.05, 4.69) is 5.32 Å². The molecule has 1 aliphatic heterocycles. The molecule has 7 nitrogen and oxygen atoms in total. The molecule has 2 aromatic carbocycles. The van der Waals surface area contributed by atoms with Gasteiger partial charge in [-0.25, -0.2) is 9.78 Å². The Morgan fingerprint density at radius 2 is 1.84 bits per heavy atom. The Hall–Kier alpha value is -2.97. The van der Waals surface area contributed by atoms with E-state index >= 15 is 0 Å². The van der Waals surface area contributed by atoms with Crippen LogP contribution in [0.15, 0.2) is 36.4 Å². The standard InChI is InChI=1S/C22H22ClN3O4S/c1-28-14-6-4-13(5-7-14)21-24-16-8-9-26(12-20(16)31-21)22(27)25-17-10-15(23)18(29-2)11-19(17)30-3/h4-7,10-11H,8-9,12H2,1-3H3,(H,25,27). The summed E-state index contributed by atoms with van der Waals surface area (Å²) < 4.78 is 15.8. The van der Waals surface area contributed by atoms with Crippen molar-refractivity contribution in [2.24, 2.45) is 0 Å². The van der Waals surface area contributed by atoms with Gasteiger partial charge >= 0.3 is 6.03 Å². The number of hydrogen-bond acceptors (Lipinski definition) is 6. The van der Waals surface area contributed by atoms with Crippen LogP contribution >= 0.6 is 22.9 Å². The molecule has 9 heteroatoms. The lowest BCUT2D eigenvalue weighted by Crippen LogP contribution is -2.38. The summed E-state index contributed by atoms with van der Waals surface area (Å²) in [5.74, 6) is 1.77. The van der Waals surface area contributed by atoms with Gasteiger partial charge < -0.3 is 24.4 Å². The van der Waals surface area contributed by atoms with E-state index in [-0.39, 0.29) is 6.03 Å². The van der Waals surface area contributed by atoms with Crippen molar-refractivity contribution >= 4 is 34.7 Å². The summed E-state index contributed by atoms with van der Waals surface area (Å²) >= 11 is 7.82. The zero-order valence-corrected chi connectivity index (χ0v) is 19.0. The van der Waals surface area contributed by atoms with Gasteiger partial charge in [-0.15, -0.1) is 11.3 Å². The van der Waals surface area contributed by atoms with Crippen molar-refractivity contribution in [3.8, 4) is 27.8 Å². The lowest BCUT2D eigenvalue weighted by molar-refractivity contribution is 0.206. The number of urea groups is 1. The molecule has 2 heterocycles. The predicted octanol–water partition coefficient (Wildman–Crippen LogP) is 5.08. The fourth-order valence-corrected chi connectivity index (χ4v) is 4.75. The number of fused-ring (bicyclic) bond motifs is 1. The van der Waals surface area contributed by atoms with Crippen molar-refractivity contribution in [1.29, 1.82) is 0 Å². The number of benzene rings is 2. The Kier molecular flexibility index (Phi) is 6.20. The number of carbonyl (C=O) groups excluding carboxylic acids is 1. The third-order valence-electron chi connectivity index (χ3n) is 5.07. The number of rotatable bonds is 5. The second-order valence-corrected chi connectivity index (χ2v) is 8.40. The summed E-state index contributed by atoms with van der Waals surface area (Å²) in [5, 5.41) is 4.24. The van der Waals surface area contributed by atoms with E-state index in [0.717, 1.165) is 26.9 Å². The maximum Gasteiger partial charge on any atom is 0.322 e. The van der Waals surface area contributed by atoms with Crippen molar-refractivity contribution in [2.75, 3.05) is 33.2 Å². The van der Waals surface area contributed by atoms with Crippen LogP contribution in [-0.4, -0.2) is 43.8 Å². The molecule has 3 aromatic rings. The first-order valence-electron chi connectivity index (χ1n) is 9.62. The largest absolute Gasteiger partial charge is 0.497 e. The Morgan fingerprint density at radius 1 is 1.10 bits per heavy atom. The molecular formula is C22H22ClN3O4S. The van der Waals surface area contributed by atoms with Crippen LogP contribution in [0, 0.1) is 0 Å². The summed E-state index contributed by atoms with van der Waals surface area (Å²) in [6.45, 7) is 1.08. The molecule has 0 saturated heterocycles. The number of methoxy groups -OCH3 is 3. The summed E-state index contributed by atoms with van der Waals surface area (Å²) in [7, 11) is 4.70. The van der Waals surface area contributed by atoms with Crippen LogP contribution in [0.25, 0.3) is 10.6 Å². The van der Waals surface area contributed by atoms with Gasteiger partial charge in [-0.05, 0) is 30.3 Å². The number of halogens is 1. The van der Waals surface area contributed by atoms with Gasteiger partial charge in [-0.3, -0.25) is 0 Å². The molecule has 0 aliphatic carbocycles. The van der Waals surface area contributed by atoms with Crippen LogP contribution in [0.4, 0.5) is 10.5 Å². The SMILES string of the molecule is COc1ccc(-c2nc3c(s2)CN(C(=O)Nc2cc(Cl)c(OC)cc2OC)CC3)cc1. The van der Waals surface area contributed by atoms with E-state index in [0.29, 0.717) is 41.7 Å². The van der Waals surface area contributed by atoms with E-state index in [1.165, 1.54) is 14.2 Å². The molecule has 162 valence electrons. The van der Waals surface area contributed by atoms with Gasteiger partial charge in [0.15, 0.2) is 0 Å². The third-order valence-corrected chi connectivity index (χ3v) is 6.50. The molecule has 0 fully saturated rings. The Balaban J connectivity index is 1.49. The Bertz CT molecular complexity index is 1100. The molecule has 0 atom stereocenters. The minimum absolute atomic E-state index is 0.218. The smallest absolute Gasteiger partial charge is 0.322 e. The highest BCUT2D eigenvalue weighted by Gasteiger charge is 2.25. The predicted molar refractivity (Wildman–Crippen MR) is 122 cm³/mol. The van der Waals surface area contributed by atoms with Crippen LogP contribution in [0.3, 0.4) is 0 Å². The number of ether oxygens (including phenoxy) is 3. The van der Waals surface area contributed by atoms with Crippen LogP contribution in [0.1, 0.15) is 10.6 Å². The molecule has 0 spiro atoms. The van der Waals surface area contributed by atoms with Gasteiger partial charge in [0.25, 0.3) is 0 Å². The topological polar surface area (TPSA) is 72.9 Å². The second-order valence-electron chi connectivity index (χ2n) is 6.91. The average molecular weight is 460 g/mol. The van der Waals surface area contributed by atoms with Crippen molar-refractivity contribution < 1.29 is 19.0 Å². The van der Waals surface area contributed by atoms with Gasteiger partial charge in [-0.1, -0.05) is 11.6 Å². The van der Waals surface area contributed by atoms with Crippen molar-refractivity contribution in [3.63, 3.8) is 0 Å². The van der Waals surface area contributed by atoms with E-state index in [4.69, 9.17) is 30.8 Å². The van der Waals surface area contributed by atoms with Crippen LogP contribution < -0.4 is 19.5 Å². The first kappa shape index (κ1) is 21.3. The Morgan fingerprint density at radius 3 is 2.52 bits per heavy atom. The molecule has 31 heavy (non-hydrogen) atoms. The number of nitrogens with one attached hydrogen (secondary N) is 1. The molecule has 1 aromatic heterocycles. The maximum absolute atomic E-state index is 12.9. The van der Waals surface area contributed by atoms with Gasteiger partial charge in [0, 0.05) is 29.5 Å². The summed E-state index contributed by atoms with van der Waals surface area (Å²) in [4.78, 5) is 20.5. The van der Waals surface area contributed by atoms with Gasteiger partial charge in [0.2, 0.25) is 0 Å². The first-order valence-corrected chi connectivity index (χ1v) is 10.8. The normalized spacial score (nSPS) is 12.8. The monoisotopic (exact) mass is 459 g/mol. The second kappa shape index (κ2) is 9.03. The minimum atomic E-state index is -0.218. The molecule has 4 rings (SSSR count). The lowest BCUT2D eigenvalue weighted by atomic mass is 10.2. The van der Waals surface area contributed by atoms with E-state index in [1.807, 2.05) is 24.3 Å². The third kappa shape index (κ3) is 4.40. The molecule has 0 bridgehead atoms. The van der Waals surface area contributed by atoms with Crippen LogP contribution in [0.5, 0.6) is 17.2 Å². The quantitative estimate of drug-likeness (QED) is 0.576. The van der Waals surface area contributed by atoms with Gasteiger partial charge in [0.1, 0.15) is 22.3 Å². The zero-order chi connectivity index (χ0) is 22.0. The number of thiazole rings is 1. The fraction of sp³-hybridized carbons (Fsp3) is 0.273. The summed E-state index contributed by atoms with van der Waals surface area (Å²) in [6, 6.07) is 10.9. The minimum Gasteiger partial charge on any atom is -0.497 e. The number of anilines is 1. The lowest BCUT2D eigenvalue weighted by Gasteiger charge is -2.26. The first-order chi connectivity index (χ1) is 15.0. The fourth-order valence-electron chi connectivity index (χ4n) is 3.38. The van der Waals surface area contributed by atoms with Crippen molar-refractivity contribution in [1.82, 2.24) is 9.88 Å². The van der Waals surface area contributed by atoms with Gasteiger partial charge in [0.05, 0.1) is 44.3 Å². The highest BCUT2D eigenvalue weighted by molar-refractivity contribution is 7.15. The maximum atomic E-state index is 12.9. The zero-order valence-electron chi connectivity index (χ0n) is 17.4. The Labute approximate surface area is 189 Å². The van der Waals surface area contributed by atoms with E-state index < -0.39 is 0 Å². The van der Waals surface area contributed by atoms with E-state index in [9.17, 15) is 4.79 Å². The summed E-state index contributed by atoms with van der Waals surface area (Å²) in [5.41, 5.74) is 2.58. The number of hydrogen-bond donors (Lipinski definition) is 1. The van der Waals surface area contributed by atoms with Crippen molar-refractivity contribution in [2.45, 2.75) is 13.0 Å². The highest BCUT2D eigenvalue weighted by Crippen LogP contribution is 2.37. The van der Waals surface area contributed by atoms with Crippen molar-refractivity contribution in [3.05, 3.63) is 52.0 Å². The molecule has 0 radical (unpaired) electrons. The van der Waals surface area contributed by atoms with Crippen LogP contribution in [-0.2, 0) is 13.0 Å². The van der Waals surface area contributed by atoms with Gasteiger partial charge in [-0.2, -0.15) is 0 Å². The molecule has 0 saturated carbocycles. The molecular weight excluding hydrogens is 438 g/mol. The number of aromatic nitrogens is 1. The molecule has 1 aliphatic rings. The van der Waals surface area contributed by atoms with E-state index in [1.54, 1.807) is 35.5 Å². The number of amides is 2.